The third kappa shape index (κ3) is 6.13. The highest BCUT2D eigenvalue weighted by atomic mass is 19.4. The van der Waals surface area contributed by atoms with Gasteiger partial charge in [0.2, 0.25) is 0 Å². The summed E-state index contributed by atoms with van der Waals surface area (Å²) in [4.78, 5) is 12.5. The Hall–Kier alpha value is -0.980. The molecule has 3 N–H and O–H groups in total. The lowest BCUT2D eigenvalue weighted by atomic mass is 9.91. The number of carbonyl (C=O) groups is 1. The molecule has 0 aromatic carbocycles. The van der Waals surface area contributed by atoms with Crippen LogP contribution in [0, 0.1) is 11.8 Å². The molecule has 2 unspecified atom stereocenters. The first-order valence-electron chi connectivity index (χ1n) is 6.52. The van der Waals surface area contributed by atoms with Crippen LogP contribution >= 0.6 is 0 Å². The van der Waals surface area contributed by atoms with E-state index in [1.807, 2.05) is 13.8 Å². The van der Waals surface area contributed by atoms with Crippen molar-refractivity contribution < 1.29 is 18.0 Å². The van der Waals surface area contributed by atoms with Crippen molar-refractivity contribution in [2.45, 2.75) is 38.9 Å². The average molecular weight is 281 g/mol. The van der Waals surface area contributed by atoms with E-state index in [4.69, 9.17) is 5.73 Å². The zero-order valence-corrected chi connectivity index (χ0v) is 11.3. The summed E-state index contributed by atoms with van der Waals surface area (Å²) in [5.41, 5.74) is 5.19. The fraction of sp³-hybridized carbons (Fsp3) is 0.917. The first-order chi connectivity index (χ1) is 8.67. The van der Waals surface area contributed by atoms with Crippen molar-refractivity contribution in [2.75, 3.05) is 19.6 Å². The number of hydrogen-bond donors (Lipinski definition) is 2. The van der Waals surface area contributed by atoms with Gasteiger partial charge in [0.1, 0.15) is 0 Å². The van der Waals surface area contributed by atoms with Gasteiger partial charge in [-0.05, 0) is 24.8 Å². The quantitative estimate of drug-likeness (QED) is 0.827. The first kappa shape index (κ1) is 16.1. The zero-order valence-electron chi connectivity index (χ0n) is 11.3. The van der Waals surface area contributed by atoms with E-state index in [0.29, 0.717) is 18.9 Å². The van der Waals surface area contributed by atoms with E-state index in [0.717, 1.165) is 6.54 Å². The van der Waals surface area contributed by atoms with Gasteiger partial charge in [-0.1, -0.05) is 13.8 Å². The van der Waals surface area contributed by atoms with E-state index in [2.05, 4.69) is 5.32 Å². The lowest BCUT2D eigenvalue weighted by molar-refractivity contribution is -0.148. The number of carbonyl (C=O) groups excluding carboxylic acids is 1. The van der Waals surface area contributed by atoms with Gasteiger partial charge in [-0.25, -0.2) is 4.79 Å². The average Bonchev–Trinajstić information content (AvgIpc) is 2.23. The lowest BCUT2D eigenvalue weighted by Gasteiger charge is -2.38. The minimum Gasteiger partial charge on any atom is -0.351 e. The molecule has 1 saturated heterocycles. The van der Waals surface area contributed by atoms with Crippen molar-refractivity contribution in [3.63, 3.8) is 0 Å². The molecule has 112 valence electrons. The molecular formula is C12H22F3N3O. The number of halogens is 3. The summed E-state index contributed by atoms with van der Waals surface area (Å²) in [6.07, 6.45) is -4.64. The highest BCUT2D eigenvalue weighted by Gasteiger charge is 2.37. The van der Waals surface area contributed by atoms with Crippen LogP contribution in [-0.2, 0) is 0 Å². The standard InChI is InChI=1S/C12H22F3N3O/c1-8(2)5-17-10-3-9(4-12(13,14)15)6-18(7-10)11(16)19/h8-10,17H,3-7H2,1-2H3,(H2,16,19). The van der Waals surface area contributed by atoms with Gasteiger partial charge in [-0.3, -0.25) is 0 Å². The molecule has 0 aromatic rings. The normalized spacial score (nSPS) is 24.8. The first-order valence-corrected chi connectivity index (χ1v) is 6.52. The third-order valence-electron chi connectivity index (χ3n) is 3.18. The maximum Gasteiger partial charge on any atom is 0.389 e. The Balaban J connectivity index is 2.60. The summed E-state index contributed by atoms with van der Waals surface area (Å²) in [6, 6.07) is -0.765. The molecule has 0 bridgehead atoms. The van der Waals surface area contributed by atoms with E-state index >= 15 is 0 Å². The Morgan fingerprint density at radius 2 is 2.05 bits per heavy atom. The van der Waals surface area contributed by atoms with Crippen molar-refractivity contribution in [2.24, 2.45) is 17.6 Å². The predicted molar refractivity (Wildman–Crippen MR) is 66.6 cm³/mol. The van der Waals surface area contributed by atoms with Gasteiger partial charge in [0.15, 0.2) is 0 Å². The number of primary amides is 1. The Kier molecular flexibility index (Phi) is 5.46. The van der Waals surface area contributed by atoms with Crippen molar-refractivity contribution in [3.8, 4) is 0 Å². The van der Waals surface area contributed by atoms with Crippen molar-refractivity contribution in [1.29, 1.82) is 0 Å². The van der Waals surface area contributed by atoms with Gasteiger partial charge >= 0.3 is 12.2 Å². The molecule has 7 heteroatoms. The van der Waals surface area contributed by atoms with E-state index in [1.165, 1.54) is 4.90 Å². The number of amides is 2. The molecule has 0 saturated carbocycles. The van der Waals surface area contributed by atoms with Crippen LogP contribution in [0.1, 0.15) is 26.7 Å². The zero-order chi connectivity index (χ0) is 14.6. The van der Waals surface area contributed by atoms with Gasteiger partial charge in [-0.15, -0.1) is 0 Å². The van der Waals surface area contributed by atoms with E-state index in [1.54, 1.807) is 0 Å². The Labute approximate surface area is 111 Å². The summed E-state index contributed by atoms with van der Waals surface area (Å²) in [5, 5.41) is 3.20. The molecule has 1 heterocycles. The minimum atomic E-state index is -4.20. The fourth-order valence-corrected chi connectivity index (χ4v) is 2.41. The number of urea groups is 1. The molecule has 0 aromatic heterocycles. The molecule has 0 spiro atoms. The maximum atomic E-state index is 12.5. The van der Waals surface area contributed by atoms with Crippen LogP contribution in [0.2, 0.25) is 0 Å². The van der Waals surface area contributed by atoms with Crippen LogP contribution in [0.15, 0.2) is 0 Å². The third-order valence-corrected chi connectivity index (χ3v) is 3.18. The second-order valence-electron chi connectivity index (χ2n) is 5.66. The topological polar surface area (TPSA) is 58.4 Å². The number of rotatable bonds is 4. The predicted octanol–water partition coefficient (Wildman–Crippen LogP) is 1.95. The largest absolute Gasteiger partial charge is 0.389 e. The fourth-order valence-electron chi connectivity index (χ4n) is 2.41. The van der Waals surface area contributed by atoms with Crippen LogP contribution in [0.5, 0.6) is 0 Å². The van der Waals surface area contributed by atoms with Crippen LogP contribution in [-0.4, -0.2) is 42.8 Å². The number of piperidine rings is 1. The van der Waals surface area contributed by atoms with Gasteiger partial charge < -0.3 is 16.0 Å². The minimum absolute atomic E-state index is 0.0920. The summed E-state index contributed by atoms with van der Waals surface area (Å²) in [5.74, 6) is -0.170. The molecule has 1 fully saturated rings. The maximum absolute atomic E-state index is 12.5. The SMILES string of the molecule is CC(C)CNC1CC(CC(F)(F)F)CN(C(N)=O)C1. The van der Waals surface area contributed by atoms with Crippen LogP contribution in [0.4, 0.5) is 18.0 Å². The molecule has 2 atom stereocenters. The summed E-state index contributed by atoms with van der Waals surface area (Å²) >= 11 is 0. The highest BCUT2D eigenvalue weighted by molar-refractivity contribution is 5.72. The van der Waals surface area contributed by atoms with E-state index in [-0.39, 0.29) is 12.6 Å². The molecule has 19 heavy (non-hydrogen) atoms. The molecule has 1 aliphatic heterocycles. The van der Waals surface area contributed by atoms with Crippen LogP contribution in [0.3, 0.4) is 0 Å². The van der Waals surface area contributed by atoms with Gasteiger partial charge in [0.25, 0.3) is 0 Å². The Morgan fingerprint density at radius 3 is 2.53 bits per heavy atom. The van der Waals surface area contributed by atoms with Crippen molar-refractivity contribution in [3.05, 3.63) is 0 Å². The smallest absolute Gasteiger partial charge is 0.351 e. The van der Waals surface area contributed by atoms with Crippen molar-refractivity contribution >= 4 is 6.03 Å². The van der Waals surface area contributed by atoms with Crippen LogP contribution < -0.4 is 11.1 Å². The molecule has 4 nitrogen and oxygen atoms in total. The monoisotopic (exact) mass is 281 g/mol. The Bertz CT molecular complexity index is 307. The second kappa shape index (κ2) is 6.45. The number of nitrogens with one attached hydrogen (secondary N) is 1. The molecule has 2 amide bonds. The molecule has 1 rings (SSSR count). The number of alkyl halides is 3. The van der Waals surface area contributed by atoms with Gasteiger partial charge in [-0.2, -0.15) is 13.2 Å². The van der Waals surface area contributed by atoms with Gasteiger partial charge in [0, 0.05) is 25.6 Å². The number of nitrogens with two attached hydrogens (primary N) is 1. The molecule has 0 aliphatic carbocycles. The van der Waals surface area contributed by atoms with E-state index < -0.39 is 24.5 Å². The molecule has 0 radical (unpaired) electrons. The summed E-state index contributed by atoms with van der Waals surface area (Å²) in [6.45, 7) is 5.24. The second-order valence-corrected chi connectivity index (χ2v) is 5.66. The van der Waals surface area contributed by atoms with E-state index in [9.17, 15) is 18.0 Å². The van der Waals surface area contributed by atoms with Crippen molar-refractivity contribution in [1.82, 2.24) is 10.2 Å². The lowest BCUT2D eigenvalue weighted by Crippen LogP contribution is -2.53. The summed E-state index contributed by atoms with van der Waals surface area (Å²) in [7, 11) is 0. The Morgan fingerprint density at radius 1 is 1.42 bits per heavy atom. The molecular weight excluding hydrogens is 259 g/mol. The van der Waals surface area contributed by atoms with Gasteiger partial charge in [0.05, 0.1) is 0 Å². The summed E-state index contributed by atoms with van der Waals surface area (Å²) < 4.78 is 37.4. The van der Waals surface area contributed by atoms with Crippen LogP contribution in [0.25, 0.3) is 0 Å². The molecule has 1 aliphatic rings. The highest BCUT2D eigenvalue weighted by Crippen LogP contribution is 2.30. The number of hydrogen-bond acceptors (Lipinski definition) is 2. The number of likely N-dealkylation sites (tertiary alicyclic amines) is 1. The number of nitrogens with zero attached hydrogens (tertiary/aromatic N) is 1.